The number of rotatable bonds is 9. The summed E-state index contributed by atoms with van der Waals surface area (Å²) in [5.41, 5.74) is 2.19. The second kappa shape index (κ2) is 11.0. The molecule has 2 aromatic carbocycles. The lowest BCUT2D eigenvalue weighted by Crippen LogP contribution is -2.38. The van der Waals surface area contributed by atoms with Crippen molar-refractivity contribution in [3.05, 3.63) is 59.7 Å². The summed E-state index contributed by atoms with van der Waals surface area (Å²) >= 11 is 0. The number of benzene rings is 2. The number of guanidine groups is 1. The molecule has 2 rings (SSSR count). The Hall–Kier alpha value is -2.73. The van der Waals surface area contributed by atoms with Crippen molar-refractivity contribution in [3.63, 3.8) is 0 Å². The van der Waals surface area contributed by atoms with Crippen LogP contribution in [0.25, 0.3) is 0 Å². The molecule has 0 fully saturated rings. The Kier molecular flexibility index (Phi) is 8.29. The van der Waals surface area contributed by atoms with E-state index in [1.54, 1.807) is 21.3 Å². The molecule has 26 heavy (non-hydrogen) atoms. The molecule has 6 nitrogen and oxygen atoms in total. The summed E-state index contributed by atoms with van der Waals surface area (Å²) < 4.78 is 16.4. The standard InChI is InChI=1S/C20H27N3O3/c1-21-20(22-11-12-24-2)23-14-17-9-10-18(19(13-17)25-3)26-15-16-7-5-4-6-8-16/h4-10,13H,11-12,14-15H2,1-3H3,(H2,21,22,23). The molecule has 0 aliphatic heterocycles. The molecule has 0 amide bonds. The van der Waals surface area contributed by atoms with Crippen LogP contribution in [0, 0.1) is 0 Å². The van der Waals surface area contributed by atoms with Gasteiger partial charge in [-0.15, -0.1) is 0 Å². The molecule has 0 unspecified atom stereocenters. The third kappa shape index (κ3) is 6.29. The minimum absolute atomic E-state index is 0.505. The van der Waals surface area contributed by atoms with Crippen LogP contribution in [0.1, 0.15) is 11.1 Å². The van der Waals surface area contributed by atoms with E-state index < -0.39 is 0 Å². The third-order valence-corrected chi connectivity index (χ3v) is 3.75. The normalized spacial score (nSPS) is 11.1. The lowest BCUT2D eigenvalue weighted by molar-refractivity contribution is 0.203. The fourth-order valence-corrected chi connectivity index (χ4v) is 2.35. The van der Waals surface area contributed by atoms with Crippen molar-refractivity contribution in [2.45, 2.75) is 13.2 Å². The molecule has 0 aliphatic carbocycles. The van der Waals surface area contributed by atoms with Gasteiger partial charge in [-0.2, -0.15) is 0 Å². The van der Waals surface area contributed by atoms with Gasteiger partial charge in [-0.1, -0.05) is 36.4 Å². The van der Waals surface area contributed by atoms with Crippen molar-refractivity contribution in [2.24, 2.45) is 4.99 Å². The van der Waals surface area contributed by atoms with Gasteiger partial charge in [0.05, 0.1) is 13.7 Å². The van der Waals surface area contributed by atoms with Crippen LogP contribution in [-0.2, 0) is 17.9 Å². The zero-order valence-corrected chi connectivity index (χ0v) is 15.6. The van der Waals surface area contributed by atoms with E-state index in [0.29, 0.717) is 32.1 Å². The van der Waals surface area contributed by atoms with Crippen LogP contribution >= 0.6 is 0 Å². The second-order valence-corrected chi connectivity index (χ2v) is 5.60. The van der Waals surface area contributed by atoms with Gasteiger partial charge in [0.2, 0.25) is 0 Å². The number of hydrogen-bond donors (Lipinski definition) is 2. The van der Waals surface area contributed by atoms with Crippen molar-refractivity contribution in [1.29, 1.82) is 0 Å². The molecule has 0 heterocycles. The van der Waals surface area contributed by atoms with Gasteiger partial charge in [0.15, 0.2) is 17.5 Å². The van der Waals surface area contributed by atoms with Crippen LogP contribution in [0.3, 0.4) is 0 Å². The molecule has 0 atom stereocenters. The minimum Gasteiger partial charge on any atom is -0.493 e. The summed E-state index contributed by atoms with van der Waals surface area (Å²) in [7, 11) is 5.06. The zero-order valence-electron chi connectivity index (χ0n) is 15.6. The van der Waals surface area contributed by atoms with Crippen molar-refractivity contribution in [1.82, 2.24) is 10.6 Å². The Bertz CT molecular complexity index is 690. The average molecular weight is 357 g/mol. The van der Waals surface area contributed by atoms with Crippen molar-refractivity contribution < 1.29 is 14.2 Å². The first-order valence-corrected chi connectivity index (χ1v) is 8.54. The molecule has 2 aromatic rings. The maximum Gasteiger partial charge on any atom is 0.191 e. The number of hydrogen-bond acceptors (Lipinski definition) is 4. The van der Waals surface area contributed by atoms with E-state index in [2.05, 4.69) is 15.6 Å². The van der Waals surface area contributed by atoms with E-state index in [1.165, 1.54) is 0 Å². The summed E-state index contributed by atoms with van der Waals surface area (Å²) in [6.45, 7) is 2.46. The van der Waals surface area contributed by atoms with Crippen LogP contribution in [0.5, 0.6) is 11.5 Å². The zero-order chi connectivity index (χ0) is 18.6. The van der Waals surface area contributed by atoms with E-state index in [-0.39, 0.29) is 0 Å². The highest BCUT2D eigenvalue weighted by Crippen LogP contribution is 2.28. The van der Waals surface area contributed by atoms with Gasteiger partial charge < -0.3 is 24.8 Å². The van der Waals surface area contributed by atoms with Crippen molar-refractivity contribution in [3.8, 4) is 11.5 Å². The van der Waals surface area contributed by atoms with Gasteiger partial charge in [-0.25, -0.2) is 0 Å². The monoisotopic (exact) mass is 357 g/mol. The quantitative estimate of drug-likeness (QED) is 0.410. The molecule has 0 saturated carbocycles. The predicted molar refractivity (Wildman–Crippen MR) is 104 cm³/mol. The largest absolute Gasteiger partial charge is 0.493 e. The molecule has 0 aliphatic rings. The van der Waals surface area contributed by atoms with E-state index in [9.17, 15) is 0 Å². The lowest BCUT2D eigenvalue weighted by atomic mass is 10.2. The average Bonchev–Trinajstić information content (AvgIpc) is 2.70. The summed E-state index contributed by atoms with van der Waals surface area (Å²) in [5, 5.41) is 6.44. The Morgan fingerprint density at radius 2 is 1.77 bits per heavy atom. The van der Waals surface area contributed by atoms with E-state index >= 15 is 0 Å². The molecule has 6 heteroatoms. The van der Waals surface area contributed by atoms with Gasteiger partial charge in [-0.3, -0.25) is 4.99 Å². The lowest BCUT2D eigenvalue weighted by Gasteiger charge is -2.14. The number of methoxy groups -OCH3 is 2. The summed E-state index contributed by atoms with van der Waals surface area (Å²) in [5.74, 6) is 2.16. The summed E-state index contributed by atoms with van der Waals surface area (Å²) in [6, 6.07) is 16.0. The van der Waals surface area contributed by atoms with Crippen LogP contribution in [0.15, 0.2) is 53.5 Å². The highest BCUT2D eigenvalue weighted by atomic mass is 16.5. The molecular formula is C20H27N3O3. The SMILES string of the molecule is CN=C(NCCOC)NCc1ccc(OCc2ccccc2)c(OC)c1. The minimum atomic E-state index is 0.505. The molecule has 0 spiro atoms. The highest BCUT2D eigenvalue weighted by Gasteiger charge is 2.07. The smallest absolute Gasteiger partial charge is 0.191 e. The second-order valence-electron chi connectivity index (χ2n) is 5.60. The van der Waals surface area contributed by atoms with Crippen LogP contribution in [0.4, 0.5) is 0 Å². The predicted octanol–water partition coefficient (Wildman–Crippen LogP) is 2.59. The van der Waals surface area contributed by atoms with Crippen LogP contribution in [-0.4, -0.2) is 40.4 Å². The number of nitrogens with one attached hydrogen (secondary N) is 2. The Labute approximate surface area is 155 Å². The number of nitrogens with zero attached hydrogens (tertiary/aromatic N) is 1. The Balaban J connectivity index is 1.92. The first-order chi connectivity index (χ1) is 12.8. The van der Waals surface area contributed by atoms with Crippen molar-refractivity contribution >= 4 is 5.96 Å². The van der Waals surface area contributed by atoms with Crippen LogP contribution in [0.2, 0.25) is 0 Å². The molecule has 0 saturated heterocycles. The highest BCUT2D eigenvalue weighted by molar-refractivity contribution is 5.79. The first kappa shape index (κ1) is 19.6. The van der Waals surface area contributed by atoms with E-state index in [4.69, 9.17) is 14.2 Å². The topological polar surface area (TPSA) is 64.1 Å². The molecule has 0 bridgehead atoms. The fourth-order valence-electron chi connectivity index (χ4n) is 2.35. The third-order valence-electron chi connectivity index (χ3n) is 3.75. The molecule has 0 radical (unpaired) electrons. The van der Waals surface area contributed by atoms with Crippen molar-refractivity contribution in [2.75, 3.05) is 34.4 Å². The van der Waals surface area contributed by atoms with E-state index in [1.807, 2.05) is 48.5 Å². The maximum atomic E-state index is 5.89. The van der Waals surface area contributed by atoms with Crippen LogP contribution < -0.4 is 20.1 Å². The van der Waals surface area contributed by atoms with Gasteiger partial charge in [0.25, 0.3) is 0 Å². The van der Waals surface area contributed by atoms with Gasteiger partial charge in [0.1, 0.15) is 6.61 Å². The number of aliphatic imine (C=N–C) groups is 1. The summed E-state index contributed by atoms with van der Waals surface area (Å²) in [6.07, 6.45) is 0. The fraction of sp³-hybridized carbons (Fsp3) is 0.350. The Morgan fingerprint density at radius 3 is 2.46 bits per heavy atom. The number of ether oxygens (including phenoxy) is 3. The van der Waals surface area contributed by atoms with Gasteiger partial charge in [0, 0.05) is 27.2 Å². The molecule has 140 valence electrons. The van der Waals surface area contributed by atoms with Gasteiger partial charge in [-0.05, 0) is 23.3 Å². The van der Waals surface area contributed by atoms with E-state index in [0.717, 1.165) is 22.8 Å². The van der Waals surface area contributed by atoms with Gasteiger partial charge >= 0.3 is 0 Å². The molecule has 0 aromatic heterocycles. The molecule has 2 N–H and O–H groups in total. The summed E-state index contributed by atoms with van der Waals surface area (Å²) in [4.78, 5) is 4.18. The molecular weight excluding hydrogens is 330 g/mol. The maximum absolute atomic E-state index is 5.89. The first-order valence-electron chi connectivity index (χ1n) is 8.54. The Morgan fingerprint density at radius 1 is 0.962 bits per heavy atom.